The monoisotopic (exact) mass is 154 g/mol. The normalized spacial score (nSPS) is 40.2. The van der Waals surface area contributed by atoms with Crippen molar-refractivity contribution in [1.29, 1.82) is 0 Å². The first-order valence-corrected chi connectivity index (χ1v) is 3.77. The molecular formula is C7H10N2O2. The Balaban J connectivity index is 2.30. The average Bonchev–Trinajstić information content (AvgIpc) is 2.40. The van der Waals surface area contributed by atoms with E-state index < -0.39 is 5.60 Å². The lowest BCUT2D eigenvalue weighted by molar-refractivity contribution is -0.142. The van der Waals surface area contributed by atoms with Crippen molar-refractivity contribution in [3.8, 4) is 0 Å². The van der Waals surface area contributed by atoms with E-state index in [0.717, 1.165) is 12.8 Å². The van der Waals surface area contributed by atoms with Gasteiger partial charge in [0.2, 0.25) is 5.60 Å². The fourth-order valence-corrected chi connectivity index (χ4v) is 1.86. The highest BCUT2D eigenvalue weighted by atomic mass is 16.7. The molecule has 11 heavy (non-hydrogen) atoms. The Labute approximate surface area is 64.4 Å². The van der Waals surface area contributed by atoms with E-state index in [4.69, 9.17) is 10.6 Å². The predicted octanol–water partition coefficient (Wildman–Crippen LogP) is 0.0266. The van der Waals surface area contributed by atoms with Crippen LogP contribution in [0, 0.1) is 5.92 Å². The Kier molecular flexibility index (Phi) is 1.19. The Bertz CT molecular complexity index is 226. The molecule has 0 aromatic heterocycles. The molecule has 4 nitrogen and oxygen atoms in total. The zero-order chi connectivity index (χ0) is 7.90. The molecule has 1 saturated carbocycles. The van der Waals surface area contributed by atoms with Gasteiger partial charge < -0.3 is 10.6 Å². The van der Waals surface area contributed by atoms with Crippen LogP contribution in [0.25, 0.3) is 0 Å². The molecule has 0 aromatic rings. The maximum Gasteiger partial charge on any atom is 0.265 e. The summed E-state index contributed by atoms with van der Waals surface area (Å²) in [5.41, 5.74) is 4.45. The van der Waals surface area contributed by atoms with Gasteiger partial charge in [-0.05, 0) is 19.3 Å². The molecule has 2 N–H and O–H groups in total. The topological polar surface area (TPSA) is 64.7 Å². The maximum atomic E-state index is 11.0. The fourth-order valence-electron chi connectivity index (χ4n) is 1.86. The summed E-state index contributed by atoms with van der Waals surface area (Å²) < 4.78 is 0. The first-order valence-electron chi connectivity index (χ1n) is 3.77. The van der Waals surface area contributed by atoms with Crippen molar-refractivity contribution in [3.63, 3.8) is 0 Å². The molecule has 0 aromatic carbocycles. The van der Waals surface area contributed by atoms with E-state index in [1.807, 2.05) is 0 Å². The van der Waals surface area contributed by atoms with Crippen molar-refractivity contribution in [2.45, 2.75) is 24.9 Å². The summed E-state index contributed by atoms with van der Waals surface area (Å²) in [6, 6.07) is 0. The molecule has 2 aliphatic rings. The van der Waals surface area contributed by atoms with Crippen LogP contribution in [0.2, 0.25) is 0 Å². The van der Waals surface area contributed by atoms with Crippen LogP contribution >= 0.6 is 0 Å². The minimum absolute atomic E-state index is 0.125. The fraction of sp³-hybridized carbons (Fsp3) is 0.714. The Morgan fingerprint density at radius 3 is 3.27 bits per heavy atom. The third-order valence-corrected chi connectivity index (χ3v) is 2.54. The van der Waals surface area contributed by atoms with Crippen molar-refractivity contribution >= 4 is 12.1 Å². The van der Waals surface area contributed by atoms with Crippen molar-refractivity contribution in [3.05, 3.63) is 0 Å². The van der Waals surface area contributed by atoms with Gasteiger partial charge in [0.05, 0.1) is 6.21 Å². The van der Waals surface area contributed by atoms with Gasteiger partial charge in [0.1, 0.15) is 0 Å². The van der Waals surface area contributed by atoms with Gasteiger partial charge in [0, 0.05) is 5.92 Å². The molecular weight excluding hydrogens is 144 g/mol. The standard InChI is InChI=1S/C7H10N2O2/c8-6(10)7-3-1-2-5(7)4-9-11-7/h4-5H,1-3H2,(H2,8,10). The third-order valence-electron chi connectivity index (χ3n) is 2.54. The van der Waals surface area contributed by atoms with E-state index in [9.17, 15) is 4.79 Å². The first-order chi connectivity index (χ1) is 5.26. The number of nitrogens with two attached hydrogens (primary N) is 1. The smallest absolute Gasteiger partial charge is 0.265 e. The summed E-state index contributed by atoms with van der Waals surface area (Å²) >= 11 is 0. The van der Waals surface area contributed by atoms with Gasteiger partial charge >= 0.3 is 0 Å². The number of nitrogens with zero attached hydrogens (tertiary/aromatic N) is 1. The number of oxime groups is 1. The highest BCUT2D eigenvalue weighted by molar-refractivity contribution is 5.89. The summed E-state index contributed by atoms with van der Waals surface area (Å²) in [6.45, 7) is 0. The average molecular weight is 154 g/mol. The number of rotatable bonds is 1. The number of fused-ring (bicyclic) bond motifs is 1. The molecule has 1 fully saturated rings. The lowest BCUT2D eigenvalue weighted by atomic mass is 9.92. The summed E-state index contributed by atoms with van der Waals surface area (Å²) in [4.78, 5) is 16.0. The number of hydrogen-bond donors (Lipinski definition) is 1. The number of carbonyl (C=O) groups excluding carboxylic acids is 1. The lowest BCUT2D eigenvalue weighted by Gasteiger charge is -2.21. The van der Waals surface area contributed by atoms with Crippen LogP contribution in [0.15, 0.2) is 5.16 Å². The van der Waals surface area contributed by atoms with E-state index in [2.05, 4.69) is 5.16 Å². The van der Waals surface area contributed by atoms with Crippen LogP contribution in [-0.4, -0.2) is 17.7 Å². The Hall–Kier alpha value is -1.06. The van der Waals surface area contributed by atoms with Gasteiger partial charge in [-0.15, -0.1) is 0 Å². The predicted molar refractivity (Wildman–Crippen MR) is 38.8 cm³/mol. The van der Waals surface area contributed by atoms with E-state index in [1.54, 1.807) is 6.21 Å². The minimum atomic E-state index is -0.778. The van der Waals surface area contributed by atoms with Crippen LogP contribution in [0.3, 0.4) is 0 Å². The van der Waals surface area contributed by atoms with Crippen LogP contribution in [0.1, 0.15) is 19.3 Å². The van der Waals surface area contributed by atoms with E-state index in [1.165, 1.54) is 0 Å². The molecule has 1 heterocycles. The molecule has 0 radical (unpaired) electrons. The molecule has 4 heteroatoms. The number of amides is 1. The summed E-state index contributed by atoms with van der Waals surface area (Å²) in [6.07, 6.45) is 4.37. The van der Waals surface area contributed by atoms with Gasteiger partial charge in [-0.1, -0.05) is 5.16 Å². The third kappa shape index (κ3) is 0.692. The van der Waals surface area contributed by atoms with E-state index in [-0.39, 0.29) is 11.8 Å². The molecule has 2 unspecified atom stereocenters. The SMILES string of the molecule is NC(=O)C12CCCC1C=NO2. The van der Waals surface area contributed by atoms with Crippen molar-refractivity contribution in [1.82, 2.24) is 0 Å². The van der Waals surface area contributed by atoms with Gasteiger partial charge in [-0.3, -0.25) is 4.79 Å². The summed E-state index contributed by atoms with van der Waals surface area (Å²) in [5, 5.41) is 3.64. The quantitative estimate of drug-likeness (QED) is 0.579. The number of hydrogen-bond acceptors (Lipinski definition) is 3. The molecule has 0 bridgehead atoms. The zero-order valence-electron chi connectivity index (χ0n) is 6.12. The molecule has 2 atom stereocenters. The van der Waals surface area contributed by atoms with Crippen LogP contribution in [0.5, 0.6) is 0 Å². The molecule has 60 valence electrons. The second-order valence-corrected chi connectivity index (χ2v) is 3.10. The second kappa shape index (κ2) is 1.96. The lowest BCUT2D eigenvalue weighted by Crippen LogP contribution is -2.46. The molecule has 1 aliphatic heterocycles. The highest BCUT2D eigenvalue weighted by Gasteiger charge is 2.52. The largest absolute Gasteiger partial charge is 0.379 e. The Morgan fingerprint density at radius 1 is 1.82 bits per heavy atom. The molecule has 1 amide bonds. The van der Waals surface area contributed by atoms with Crippen molar-refractivity contribution < 1.29 is 9.63 Å². The summed E-state index contributed by atoms with van der Waals surface area (Å²) in [7, 11) is 0. The van der Waals surface area contributed by atoms with Gasteiger partial charge in [-0.2, -0.15) is 0 Å². The number of primary amides is 1. The highest BCUT2D eigenvalue weighted by Crippen LogP contribution is 2.40. The van der Waals surface area contributed by atoms with Crippen molar-refractivity contribution in [2.75, 3.05) is 0 Å². The van der Waals surface area contributed by atoms with Gasteiger partial charge in [0.15, 0.2) is 0 Å². The van der Waals surface area contributed by atoms with Crippen LogP contribution in [0.4, 0.5) is 0 Å². The zero-order valence-corrected chi connectivity index (χ0v) is 6.12. The number of carbonyl (C=O) groups is 1. The summed E-state index contributed by atoms with van der Waals surface area (Å²) in [5.74, 6) is -0.252. The molecule has 0 saturated heterocycles. The van der Waals surface area contributed by atoms with Crippen LogP contribution in [-0.2, 0) is 9.63 Å². The van der Waals surface area contributed by atoms with Crippen LogP contribution < -0.4 is 5.73 Å². The van der Waals surface area contributed by atoms with Gasteiger partial charge in [0.25, 0.3) is 5.91 Å². The molecule has 0 spiro atoms. The van der Waals surface area contributed by atoms with E-state index >= 15 is 0 Å². The first kappa shape index (κ1) is 6.64. The minimum Gasteiger partial charge on any atom is -0.379 e. The molecule has 2 rings (SSSR count). The maximum absolute atomic E-state index is 11.0. The molecule has 1 aliphatic carbocycles. The van der Waals surface area contributed by atoms with E-state index in [0.29, 0.717) is 6.42 Å². The second-order valence-electron chi connectivity index (χ2n) is 3.10. The van der Waals surface area contributed by atoms with Gasteiger partial charge in [-0.25, -0.2) is 0 Å². The Morgan fingerprint density at radius 2 is 2.64 bits per heavy atom. The van der Waals surface area contributed by atoms with Crippen molar-refractivity contribution in [2.24, 2.45) is 16.8 Å².